The SMILES string of the molecule is CNCC1CCN(C(=O)CCCc2nc(-c3ccc(OC)cc3)no2)CC1.Cl. The van der Waals surface area contributed by atoms with E-state index >= 15 is 0 Å². The van der Waals surface area contributed by atoms with Crippen LogP contribution in [0.2, 0.25) is 0 Å². The van der Waals surface area contributed by atoms with Gasteiger partial charge in [0.05, 0.1) is 7.11 Å². The lowest BCUT2D eigenvalue weighted by molar-refractivity contribution is -0.132. The van der Waals surface area contributed by atoms with Gasteiger partial charge in [-0.2, -0.15) is 4.98 Å². The summed E-state index contributed by atoms with van der Waals surface area (Å²) in [6, 6.07) is 7.52. The fourth-order valence-electron chi connectivity index (χ4n) is 3.44. The summed E-state index contributed by atoms with van der Waals surface area (Å²) in [5.41, 5.74) is 0.881. The third-order valence-electron chi connectivity index (χ3n) is 5.06. The summed E-state index contributed by atoms with van der Waals surface area (Å²) in [6.45, 7) is 2.77. The summed E-state index contributed by atoms with van der Waals surface area (Å²) in [5, 5.41) is 7.25. The first-order chi connectivity index (χ1) is 13.2. The van der Waals surface area contributed by atoms with Crippen molar-refractivity contribution in [3.8, 4) is 17.1 Å². The number of nitrogens with zero attached hydrogens (tertiary/aromatic N) is 3. The van der Waals surface area contributed by atoms with E-state index in [9.17, 15) is 4.79 Å². The fraction of sp³-hybridized carbons (Fsp3) is 0.550. The quantitative estimate of drug-likeness (QED) is 0.723. The van der Waals surface area contributed by atoms with Crippen molar-refractivity contribution in [1.29, 1.82) is 0 Å². The largest absolute Gasteiger partial charge is 0.497 e. The van der Waals surface area contributed by atoms with E-state index in [4.69, 9.17) is 9.26 Å². The second-order valence-electron chi connectivity index (χ2n) is 6.98. The van der Waals surface area contributed by atoms with Crippen LogP contribution >= 0.6 is 12.4 Å². The number of halogens is 1. The molecule has 1 fully saturated rings. The number of piperidine rings is 1. The Morgan fingerprint density at radius 3 is 2.64 bits per heavy atom. The number of carbonyl (C=O) groups is 1. The summed E-state index contributed by atoms with van der Waals surface area (Å²) in [7, 11) is 3.61. The Morgan fingerprint density at radius 2 is 2.00 bits per heavy atom. The van der Waals surface area contributed by atoms with E-state index in [0.717, 1.165) is 50.2 Å². The molecule has 2 aromatic rings. The van der Waals surface area contributed by atoms with Crippen LogP contribution in [0, 0.1) is 5.92 Å². The molecule has 28 heavy (non-hydrogen) atoms. The zero-order chi connectivity index (χ0) is 19.1. The van der Waals surface area contributed by atoms with Crippen LogP contribution in [0.3, 0.4) is 0 Å². The zero-order valence-electron chi connectivity index (χ0n) is 16.5. The highest BCUT2D eigenvalue weighted by molar-refractivity contribution is 5.85. The molecule has 1 aliphatic rings. The molecule has 0 saturated carbocycles. The molecular weight excluding hydrogens is 380 g/mol. The van der Waals surface area contributed by atoms with Crippen molar-refractivity contribution in [1.82, 2.24) is 20.4 Å². The van der Waals surface area contributed by atoms with Crippen molar-refractivity contribution in [3.63, 3.8) is 0 Å². The number of amides is 1. The van der Waals surface area contributed by atoms with Gasteiger partial charge >= 0.3 is 0 Å². The molecule has 0 atom stereocenters. The minimum atomic E-state index is 0. The first-order valence-corrected chi connectivity index (χ1v) is 9.59. The molecule has 1 saturated heterocycles. The summed E-state index contributed by atoms with van der Waals surface area (Å²) in [6.07, 6.45) is 4.03. The van der Waals surface area contributed by atoms with Gasteiger partial charge in [-0.25, -0.2) is 0 Å². The normalized spacial score (nSPS) is 14.6. The van der Waals surface area contributed by atoms with Crippen LogP contribution < -0.4 is 10.1 Å². The highest BCUT2D eigenvalue weighted by Crippen LogP contribution is 2.21. The molecule has 0 unspecified atom stereocenters. The van der Waals surface area contributed by atoms with Crippen LogP contribution in [0.25, 0.3) is 11.4 Å². The van der Waals surface area contributed by atoms with Gasteiger partial charge in [0.2, 0.25) is 17.6 Å². The Morgan fingerprint density at radius 1 is 1.29 bits per heavy atom. The highest BCUT2D eigenvalue weighted by atomic mass is 35.5. The number of carbonyl (C=O) groups excluding carboxylic acids is 1. The lowest BCUT2D eigenvalue weighted by Crippen LogP contribution is -2.40. The van der Waals surface area contributed by atoms with Gasteiger partial charge in [-0.1, -0.05) is 5.16 Å². The number of benzene rings is 1. The molecule has 1 amide bonds. The molecule has 1 aliphatic heterocycles. The highest BCUT2D eigenvalue weighted by Gasteiger charge is 2.22. The third-order valence-corrected chi connectivity index (χ3v) is 5.06. The monoisotopic (exact) mass is 408 g/mol. The maximum atomic E-state index is 12.4. The van der Waals surface area contributed by atoms with E-state index < -0.39 is 0 Å². The summed E-state index contributed by atoms with van der Waals surface area (Å²) in [5.74, 6) is 2.84. The summed E-state index contributed by atoms with van der Waals surface area (Å²) in [4.78, 5) is 18.8. The maximum absolute atomic E-state index is 12.4. The van der Waals surface area contributed by atoms with Crippen molar-refractivity contribution in [2.45, 2.75) is 32.1 Å². The van der Waals surface area contributed by atoms with Crippen molar-refractivity contribution in [2.24, 2.45) is 5.92 Å². The number of hydrogen-bond donors (Lipinski definition) is 1. The molecular formula is C20H29ClN4O3. The Bertz CT molecular complexity index is 727. The minimum Gasteiger partial charge on any atom is -0.497 e. The number of aryl methyl sites for hydroxylation is 1. The number of methoxy groups -OCH3 is 1. The average molecular weight is 409 g/mol. The Balaban J connectivity index is 0.00000280. The molecule has 0 radical (unpaired) electrons. The van der Waals surface area contributed by atoms with Gasteiger partial charge in [-0.05, 0) is 63.0 Å². The number of aromatic nitrogens is 2. The lowest BCUT2D eigenvalue weighted by Gasteiger charge is -2.32. The van der Waals surface area contributed by atoms with Crippen molar-refractivity contribution >= 4 is 18.3 Å². The van der Waals surface area contributed by atoms with Crippen LogP contribution in [0.4, 0.5) is 0 Å². The van der Waals surface area contributed by atoms with Crippen LogP contribution in [-0.2, 0) is 11.2 Å². The molecule has 1 N–H and O–H groups in total. The smallest absolute Gasteiger partial charge is 0.226 e. The van der Waals surface area contributed by atoms with Gasteiger partial charge in [-0.15, -0.1) is 12.4 Å². The molecule has 0 bridgehead atoms. The lowest BCUT2D eigenvalue weighted by atomic mass is 9.96. The van der Waals surface area contributed by atoms with Crippen molar-refractivity contribution < 1.29 is 14.1 Å². The molecule has 0 spiro atoms. The van der Waals surface area contributed by atoms with Gasteiger partial charge in [0, 0.05) is 31.5 Å². The third kappa shape index (κ3) is 5.94. The topological polar surface area (TPSA) is 80.5 Å². The predicted octanol–water partition coefficient (Wildman–Crippen LogP) is 2.95. The van der Waals surface area contributed by atoms with E-state index in [-0.39, 0.29) is 18.3 Å². The molecule has 1 aromatic carbocycles. The van der Waals surface area contributed by atoms with Gasteiger partial charge in [-0.3, -0.25) is 4.79 Å². The molecule has 2 heterocycles. The Labute approximate surface area is 172 Å². The van der Waals surface area contributed by atoms with Crippen LogP contribution in [0.1, 0.15) is 31.6 Å². The van der Waals surface area contributed by atoms with Crippen molar-refractivity contribution in [2.75, 3.05) is 33.8 Å². The molecule has 0 aliphatic carbocycles. The molecule has 3 rings (SSSR count). The van der Waals surface area contributed by atoms with Gasteiger partial charge in [0.15, 0.2) is 0 Å². The van der Waals surface area contributed by atoms with E-state index in [1.807, 2.05) is 36.2 Å². The number of hydrogen-bond acceptors (Lipinski definition) is 6. The number of likely N-dealkylation sites (tertiary alicyclic amines) is 1. The molecule has 154 valence electrons. The first-order valence-electron chi connectivity index (χ1n) is 9.59. The van der Waals surface area contributed by atoms with E-state index in [0.29, 0.717) is 30.5 Å². The number of nitrogens with one attached hydrogen (secondary N) is 1. The van der Waals surface area contributed by atoms with Crippen LogP contribution in [0.15, 0.2) is 28.8 Å². The second kappa shape index (κ2) is 11.0. The summed E-state index contributed by atoms with van der Waals surface area (Å²) < 4.78 is 10.5. The van der Waals surface area contributed by atoms with E-state index in [2.05, 4.69) is 15.5 Å². The zero-order valence-corrected chi connectivity index (χ0v) is 17.3. The molecule has 1 aromatic heterocycles. The minimum absolute atomic E-state index is 0. The average Bonchev–Trinajstić information content (AvgIpc) is 3.18. The Hall–Kier alpha value is -2.12. The number of ether oxygens (including phenoxy) is 1. The van der Waals surface area contributed by atoms with E-state index in [1.54, 1.807) is 7.11 Å². The van der Waals surface area contributed by atoms with Crippen LogP contribution in [-0.4, -0.2) is 54.7 Å². The first kappa shape index (κ1) is 22.2. The molecule has 8 heteroatoms. The number of rotatable bonds is 8. The Kier molecular flexibility index (Phi) is 8.73. The standard InChI is InChI=1S/C20H28N4O3.ClH/c1-21-14-15-10-12-24(13-11-15)19(25)5-3-4-18-22-20(23-27-18)16-6-8-17(26-2)9-7-16;/h6-9,15,21H,3-5,10-14H2,1-2H3;1H. The van der Waals surface area contributed by atoms with Crippen LogP contribution in [0.5, 0.6) is 5.75 Å². The predicted molar refractivity (Wildman–Crippen MR) is 110 cm³/mol. The fourth-order valence-corrected chi connectivity index (χ4v) is 3.44. The maximum Gasteiger partial charge on any atom is 0.226 e. The summed E-state index contributed by atoms with van der Waals surface area (Å²) >= 11 is 0. The van der Waals surface area contributed by atoms with Gasteiger partial charge in [0.1, 0.15) is 5.75 Å². The van der Waals surface area contributed by atoms with Gasteiger partial charge < -0.3 is 19.5 Å². The molecule has 7 nitrogen and oxygen atoms in total. The van der Waals surface area contributed by atoms with Gasteiger partial charge in [0.25, 0.3) is 0 Å². The van der Waals surface area contributed by atoms with Crippen molar-refractivity contribution in [3.05, 3.63) is 30.2 Å². The second-order valence-corrected chi connectivity index (χ2v) is 6.98. The van der Waals surface area contributed by atoms with E-state index in [1.165, 1.54) is 0 Å².